The van der Waals surface area contributed by atoms with Crippen LogP contribution in [0.5, 0.6) is 0 Å². The van der Waals surface area contributed by atoms with Crippen LogP contribution in [-0.2, 0) is 13.0 Å². The van der Waals surface area contributed by atoms with E-state index in [0.29, 0.717) is 12.0 Å². The summed E-state index contributed by atoms with van der Waals surface area (Å²) in [6.45, 7) is 6.58. The average molecular weight is 240 g/mol. The molecule has 1 N–H and O–H groups in total. The summed E-state index contributed by atoms with van der Waals surface area (Å²) in [5.74, 6) is 4.18. The quantitative estimate of drug-likeness (QED) is 0.858. The number of nitrogens with zero attached hydrogens (tertiary/aromatic N) is 3. The Morgan fingerprint density at radius 2 is 2.50 bits per heavy atom. The van der Waals surface area contributed by atoms with Crippen molar-refractivity contribution in [2.75, 3.05) is 18.1 Å². The third kappa shape index (κ3) is 3.22. The number of aromatic nitrogens is 3. The lowest BCUT2D eigenvalue weighted by Crippen LogP contribution is -2.39. The predicted molar refractivity (Wildman–Crippen MR) is 67.7 cm³/mol. The third-order valence-corrected chi connectivity index (χ3v) is 3.82. The lowest BCUT2D eigenvalue weighted by atomic mass is 10.2. The largest absolute Gasteiger partial charge is 0.317 e. The second-order valence-corrected chi connectivity index (χ2v) is 5.87. The molecule has 5 heteroatoms. The molecule has 0 radical (unpaired) electrons. The van der Waals surface area contributed by atoms with Crippen molar-refractivity contribution in [2.24, 2.45) is 5.92 Å². The van der Waals surface area contributed by atoms with Crippen LogP contribution in [-0.4, -0.2) is 38.9 Å². The first-order valence-corrected chi connectivity index (χ1v) is 7.09. The van der Waals surface area contributed by atoms with Crippen LogP contribution in [0, 0.1) is 5.92 Å². The normalized spacial score (nSPS) is 21.6. The minimum atomic E-state index is 0.564. The zero-order chi connectivity index (χ0) is 11.4. The molecule has 0 amide bonds. The van der Waals surface area contributed by atoms with Gasteiger partial charge >= 0.3 is 0 Å². The second-order valence-electron chi connectivity index (χ2n) is 4.72. The van der Waals surface area contributed by atoms with Gasteiger partial charge in [-0.3, -0.25) is 0 Å². The van der Waals surface area contributed by atoms with Crippen LogP contribution in [0.4, 0.5) is 0 Å². The van der Waals surface area contributed by atoms with Gasteiger partial charge in [-0.1, -0.05) is 13.8 Å². The smallest absolute Gasteiger partial charge is 0.134 e. The highest BCUT2D eigenvalue weighted by Gasteiger charge is 2.16. The number of hydrogen-bond acceptors (Lipinski definition) is 4. The summed E-state index contributed by atoms with van der Waals surface area (Å²) >= 11 is 2.02. The summed E-state index contributed by atoms with van der Waals surface area (Å²) < 4.78 is 2.19. The van der Waals surface area contributed by atoms with Crippen LogP contribution in [0.2, 0.25) is 0 Å². The molecule has 2 rings (SSSR count). The van der Waals surface area contributed by atoms with Crippen LogP contribution < -0.4 is 5.32 Å². The minimum Gasteiger partial charge on any atom is -0.317 e. The first kappa shape index (κ1) is 11.9. The van der Waals surface area contributed by atoms with Gasteiger partial charge in [-0.15, -0.1) is 10.2 Å². The molecule has 1 unspecified atom stereocenters. The molecule has 0 aliphatic carbocycles. The molecule has 16 heavy (non-hydrogen) atoms. The average Bonchev–Trinajstić information content (AvgIpc) is 2.66. The Morgan fingerprint density at radius 3 is 3.19 bits per heavy atom. The molecule has 1 atom stereocenters. The Morgan fingerprint density at radius 1 is 1.62 bits per heavy atom. The van der Waals surface area contributed by atoms with Gasteiger partial charge in [0.05, 0.1) is 0 Å². The highest BCUT2D eigenvalue weighted by molar-refractivity contribution is 7.99. The van der Waals surface area contributed by atoms with Crippen molar-refractivity contribution in [3.63, 3.8) is 0 Å². The number of hydrogen-bond donors (Lipinski definition) is 1. The number of thioether (sulfide) groups is 1. The van der Waals surface area contributed by atoms with Gasteiger partial charge in [-0.25, -0.2) is 0 Å². The van der Waals surface area contributed by atoms with Crippen molar-refractivity contribution in [3.05, 3.63) is 12.2 Å². The Hall–Kier alpha value is -0.550. The SMILES string of the molecule is CC(C)Cn1cnnc1CC1CSCCN1. The first-order valence-electron chi connectivity index (χ1n) is 5.93. The van der Waals surface area contributed by atoms with Crippen LogP contribution in [0.15, 0.2) is 6.33 Å². The molecular weight excluding hydrogens is 220 g/mol. The van der Waals surface area contributed by atoms with E-state index in [2.05, 4.69) is 33.9 Å². The van der Waals surface area contributed by atoms with Crippen molar-refractivity contribution in [2.45, 2.75) is 32.9 Å². The summed E-state index contributed by atoms with van der Waals surface area (Å²) in [7, 11) is 0. The van der Waals surface area contributed by atoms with Crippen LogP contribution in [0.3, 0.4) is 0 Å². The van der Waals surface area contributed by atoms with E-state index < -0.39 is 0 Å². The molecule has 0 bridgehead atoms. The topological polar surface area (TPSA) is 42.7 Å². The Bertz CT molecular complexity index is 318. The summed E-state index contributed by atoms with van der Waals surface area (Å²) in [5, 5.41) is 11.8. The van der Waals surface area contributed by atoms with Crippen molar-refractivity contribution in [1.29, 1.82) is 0 Å². The summed E-state index contributed by atoms with van der Waals surface area (Å²) in [4.78, 5) is 0. The molecule has 4 nitrogen and oxygen atoms in total. The molecule has 0 spiro atoms. The van der Waals surface area contributed by atoms with Gasteiger partial charge in [-0.05, 0) is 5.92 Å². The molecule has 2 heterocycles. The van der Waals surface area contributed by atoms with Gasteiger partial charge in [0.15, 0.2) is 0 Å². The highest BCUT2D eigenvalue weighted by atomic mass is 32.2. The Kier molecular flexibility index (Phi) is 4.23. The first-order chi connectivity index (χ1) is 7.75. The van der Waals surface area contributed by atoms with Gasteiger partial charge < -0.3 is 9.88 Å². The van der Waals surface area contributed by atoms with E-state index in [-0.39, 0.29) is 0 Å². The van der Waals surface area contributed by atoms with E-state index in [4.69, 9.17) is 0 Å². The maximum Gasteiger partial charge on any atom is 0.134 e. The predicted octanol–water partition coefficient (Wildman–Crippen LogP) is 1.18. The minimum absolute atomic E-state index is 0.564. The van der Waals surface area contributed by atoms with E-state index in [9.17, 15) is 0 Å². The molecule has 1 aliphatic rings. The summed E-state index contributed by atoms with van der Waals surface area (Å²) in [6.07, 6.45) is 2.85. The molecule has 90 valence electrons. The lowest BCUT2D eigenvalue weighted by molar-refractivity contribution is 0.482. The number of rotatable bonds is 4. The van der Waals surface area contributed by atoms with Crippen molar-refractivity contribution >= 4 is 11.8 Å². The van der Waals surface area contributed by atoms with E-state index >= 15 is 0 Å². The molecule has 0 saturated carbocycles. The lowest BCUT2D eigenvalue weighted by Gasteiger charge is -2.23. The maximum atomic E-state index is 4.23. The summed E-state index contributed by atoms with van der Waals surface area (Å²) in [6, 6.07) is 0.564. The van der Waals surface area contributed by atoms with E-state index in [1.807, 2.05) is 18.1 Å². The van der Waals surface area contributed by atoms with Crippen molar-refractivity contribution in [1.82, 2.24) is 20.1 Å². The van der Waals surface area contributed by atoms with Gasteiger partial charge in [0.2, 0.25) is 0 Å². The second kappa shape index (κ2) is 5.68. The van der Waals surface area contributed by atoms with E-state index in [0.717, 1.165) is 25.3 Å². The van der Waals surface area contributed by atoms with Crippen LogP contribution in [0.1, 0.15) is 19.7 Å². The van der Waals surface area contributed by atoms with Gasteiger partial charge in [0, 0.05) is 37.1 Å². The fourth-order valence-electron chi connectivity index (χ4n) is 1.95. The van der Waals surface area contributed by atoms with Gasteiger partial charge in [0.1, 0.15) is 12.2 Å². The fourth-order valence-corrected chi connectivity index (χ4v) is 2.90. The standard InChI is InChI=1S/C11H20N4S/c1-9(2)6-15-8-13-14-11(15)5-10-7-16-4-3-12-10/h8-10,12H,3-7H2,1-2H3. The molecule has 1 aliphatic heterocycles. The van der Waals surface area contributed by atoms with Crippen molar-refractivity contribution in [3.8, 4) is 0 Å². The molecule has 1 saturated heterocycles. The highest BCUT2D eigenvalue weighted by Crippen LogP contribution is 2.12. The van der Waals surface area contributed by atoms with E-state index in [1.165, 1.54) is 11.5 Å². The van der Waals surface area contributed by atoms with E-state index in [1.54, 1.807) is 0 Å². The number of nitrogens with one attached hydrogen (secondary N) is 1. The summed E-state index contributed by atoms with van der Waals surface area (Å²) in [5.41, 5.74) is 0. The zero-order valence-electron chi connectivity index (χ0n) is 10.0. The third-order valence-electron chi connectivity index (χ3n) is 2.68. The van der Waals surface area contributed by atoms with Gasteiger partial charge in [0.25, 0.3) is 0 Å². The van der Waals surface area contributed by atoms with Crippen LogP contribution in [0.25, 0.3) is 0 Å². The zero-order valence-corrected chi connectivity index (χ0v) is 10.8. The monoisotopic (exact) mass is 240 g/mol. The van der Waals surface area contributed by atoms with Crippen molar-refractivity contribution < 1.29 is 0 Å². The Labute approximate surface area is 101 Å². The molecule has 0 aromatic carbocycles. The molecule has 1 aromatic rings. The van der Waals surface area contributed by atoms with Crippen LogP contribution >= 0.6 is 11.8 Å². The van der Waals surface area contributed by atoms with Gasteiger partial charge in [-0.2, -0.15) is 11.8 Å². The fraction of sp³-hybridized carbons (Fsp3) is 0.818. The molecule has 1 fully saturated rings. The molecule has 1 aromatic heterocycles. The molecular formula is C11H20N4S. The Balaban J connectivity index is 1.94. The maximum absolute atomic E-state index is 4.23.